The molecule has 230 valence electrons. The highest BCUT2D eigenvalue weighted by molar-refractivity contribution is 7.19. The molecule has 3 aliphatic rings. The van der Waals surface area contributed by atoms with Gasteiger partial charge in [0.15, 0.2) is 0 Å². The molecule has 0 spiro atoms. The summed E-state index contributed by atoms with van der Waals surface area (Å²) in [5.74, 6) is -5.33. The molecule has 15 heteroatoms. The highest BCUT2D eigenvalue weighted by Crippen LogP contribution is 2.63. The van der Waals surface area contributed by atoms with E-state index in [-0.39, 0.29) is 76.9 Å². The molecule has 3 amide bonds. The van der Waals surface area contributed by atoms with Crippen LogP contribution in [0.1, 0.15) is 40.3 Å². The number of halogens is 6. The number of aryl methyl sites for hydroxylation is 1. The Labute approximate surface area is 253 Å². The van der Waals surface area contributed by atoms with Crippen molar-refractivity contribution in [3.05, 3.63) is 46.1 Å². The number of amides is 3. The smallest absolute Gasteiger partial charge is 0.331 e. The van der Waals surface area contributed by atoms with E-state index in [2.05, 4.69) is 15.3 Å². The molecule has 3 fully saturated rings. The van der Waals surface area contributed by atoms with Crippen molar-refractivity contribution in [1.29, 1.82) is 0 Å². The highest BCUT2D eigenvalue weighted by Gasteiger charge is 2.72. The van der Waals surface area contributed by atoms with E-state index in [1.807, 2.05) is 13.8 Å². The van der Waals surface area contributed by atoms with Crippen LogP contribution in [-0.2, 0) is 22.3 Å². The Morgan fingerprint density at radius 1 is 1.16 bits per heavy atom. The second-order valence-corrected chi connectivity index (χ2v) is 12.8. The summed E-state index contributed by atoms with van der Waals surface area (Å²) in [7, 11) is 1.35. The van der Waals surface area contributed by atoms with Crippen molar-refractivity contribution in [1.82, 2.24) is 25.1 Å². The first-order chi connectivity index (χ1) is 19.6. The number of fused-ring (bicyclic) bond motifs is 2. The van der Waals surface area contributed by atoms with Crippen molar-refractivity contribution in [2.75, 3.05) is 20.1 Å². The van der Waals surface area contributed by atoms with Crippen LogP contribution >= 0.6 is 23.7 Å². The maximum absolute atomic E-state index is 14.5. The van der Waals surface area contributed by atoms with Gasteiger partial charge in [0.05, 0.1) is 52.4 Å². The number of pyridine rings is 2. The number of alkyl halides is 5. The molecule has 2 unspecified atom stereocenters. The number of likely N-dealkylation sites (N-methyl/N-ethyl adjacent to an activating group) is 1. The standard InChI is InChI=1S/C28H26F5N5O3S.ClH/c1-12-7-16(28(31,32)33)36-21(18(12)23(39)37-10-17(34-4)27(29,30)11-37)14-5-6-35-15-8-13(42-22(14)15)9-38-24(40)19-20(25(38)41)26(19,2)3;/h5-8,17,19-20,34H,9-11H2,1-4H3;1H/t17-,19?,20?;/m0./s1. The van der Waals surface area contributed by atoms with E-state index in [9.17, 15) is 36.3 Å². The Morgan fingerprint density at radius 3 is 2.40 bits per heavy atom. The van der Waals surface area contributed by atoms with Gasteiger partial charge in [-0.3, -0.25) is 24.3 Å². The van der Waals surface area contributed by atoms with Crippen LogP contribution in [0.5, 0.6) is 0 Å². The average Bonchev–Trinajstić information content (AvgIpc) is 3.19. The van der Waals surface area contributed by atoms with Crippen molar-refractivity contribution >= 4 is 51.7 Å². The molecule has 6 rings (SSSR count). The predicted octanol–water partition coefficient (Wildman–Crippen LogP) is 4.93. The Kier molecular flexibility index (Phi) is 7.37. The molecule has 1 saturated carbocycles. The highest BCUT2D eigenvalue weighted by atomic mass is 35.5. The third-order valence-corrected chi connectivity index (χ3v) is 9.74. The van der Waals surface area contributed by atoms with Gasteiger partial charge in [-0.2, -0.15) is 13.2 Å². The second kappa shape index (κ2) is 10.2. The summed E-state index contributed by atoms with van der Waals surface area (Å²) in [6.07, 6.45) is -3.48. The number of hydrogen-bond donors (Lipinski definition) is 1. The summed E-state index contributed by atoms with van der Waals surface area (Å²) in [6.45, 7) is 3.80. The van der Waals surface area contributed by atoms with Gasteiger partial charge in [-0.05, 0) is 43.1 Å². The van der Waals surface area contributed by atoms with Crippen LogP contribution in [0.4, 0.5) is 22.0 Å². The van der Waals surface area contributed by atoms with Crippen molar-refractivity contribution in [3.8, 4) is 11.3 Å². The molecule has 5 heterocycles. The Morgan fingerprint density at radius 2 is 1.81 bits per heavy atom. The number of carbonyl (C=O) groups is 3. The van der Waals surface area contributed by atoms with Crippen molar-refractivity contribution in [2.45, 2.75) is 45.5 Å². The molecule has 2 saturated heterocycles. The number of piperidine rings is 1. The molecular formula is C28H27ClF5N5O3S. The van der Waals surface area contributed by atoms with Gasteiger partial charge in [0.1, 0.15) is 5.69 Å². The first kappa shape index (κ1) is 31.2. The topological polar surface area (TPSA) is 95.5 Å². The summed E-state index contributed by atoms with van der Waals surface area (Å²) in [5.41, 5.74) is -1.66. The zero-order valence-corrected chi connectivity index (χ0v) is 25.0. The van der Waals surface area contributed by atoms with Gasteiger partial charge in [0, 0.05) is 23.2 Å². The first-order valence-electron chi connectivity index (χ1n) is 13.2. The molecule has 3 aromatic rings. The summed E-state index contributed by atoms with van der Waals surface area (Å²) in [6, 6.07) is 2.48. The Bertz CT molecular complexity index is 1650. The van der Waals surface area contributed by atoms with Crippen LogP contribution in [0.2, 0.25) is 0 Å². The lowest BCUT2D eigenvalue weighted by molar-refractivity contribution is -0.144. The Balaban J connectivity index is 0.00000368. The van der Waals surface area contributed by atoms with Crippen molar-refractivity contribution < 1.29 is 36.3 Å². The minimum atomic E-state index is -4.84. The van der Waals surface area contributed by atoms with Gasteiger partial charge >= 0.3 is 6.18 Å². The number of nitrogens with one attached hydrogen (secondary N) is 1. The molecular weight excluding hydrogens is 617 g/mol. The van der Waals surface area contributed by atoms with Crippen LogP contribution in [0.25, 0.3) is 21.5 Å². The number of likely N-dealkylation sites (tertiary alicyclic amines) is 2. The van der Waals surface area contributed by atoms with Crippen LogP contribution in [0.15, 0.2) is 24.4 Å². The van der Waals surface area contributed by atoms with E-state index in [0.29, 0.717) is 15.1 Å². The predicted molar refractivity (Wildman–Crippen MR) is 150 cm³/mol. The summed E-state index contributed by atoms with van der Waals surface area (Å²) >= 11 is 1.12. The van der Waals surface area contributed by atoms with E-state index >= 15 is 0 Å². The molecule has 1 aliphatic carbocycles. The van der Waals surface area contributed by atoms with Crippen LogP contribution in [0, 0.1) is 24.2 Å². The van der Waals surface area contributed by atoms with E-state index in [1.165, 1.54) is 31.1 Å². The number of rotatable bonds is 5. The van der Waals surface area contributed by atoms with Crippen LogP contribution in [-0.4, -0.2) is 69.6 Å². The normalized spacial score (nSPS) is 24.0. The number of aromatic nitrogens is 2. The van der Waals surface area contributed by atoms with Crippen molar-refractivity contribution in [3.63, 3.8) is 0 Å². The number of thiophene rings is 1. The molecule has 8 nitrogen and oxygen atoms in total. The second-order valence-electron chi connectivity index (χ2n) is 11.7. The average molecular weight is 644 g/mol. The monoisotopic (exact) mass is 643 g/mol. The van der Waals surface area contributed by atoms with Gasteiger partial charge in [-0.15, -0.1) is 23.7 Å². The lowest BCUT2D eigenvalue weighted by atomic mass is 9.99. The quantitative estimate of drug-likeness (QED) is 0.313. The van der Waals surface area contributed by atoms with Gasteiger partial charge in [-0.25, -0.2) is 13.8 Å². The lowest BCUT2D eigenvalue weighted by Crippen LogP contribution is -2.41. The van der Waals surface area contributed by atoms with Gasteiger partial charge in [-0.1, -0.05) is 13.8 Å². The lowest BCUT2D eigenvalue weighted by Gasteiger charge is -2.21. The number of carbonyl (C=O) groups excluding carboxylic acids is 3. The summed E-state index contributed by atoms with van der Waals surface area (Å²) in [5, 5.41) is 2.49. The molecule has 0 radical (unpaired) electrons. The number of imide groups is 1. The van der Waals surface area contributed by atoms with Crippen molar-refractivity contribution in [2.24, 2.45) is 17.3 Å². The molecule has 0 bridgehead atoms. The molecule has 3 aromatic heterocycles. The third-order valence-electron chi connectivity index (χ3n) is 8.59. The molecule has 3 atom stereocenters. The van der Waals surface area contributed by atoms with Gasteiger partial charge in [0.25, 0.3) is 11.8 Å². The van der Waals surface area contributed by atoms with Crippen LogP contribution < -0.4 is 5.32 Å². The molecule has 0 aromatic carbocycles. The Hall–Kier alpha value is -3.23. The van der Waals surface area contributed by atoms with E-state index in [1.54, 1.807) is 6.07 Å². The molecule has 2 aliphatic heterocycles. The SMILES string of the molecule is CN[C@H]1CN(C(=O)c2c(C)cc(C(F)(F)F)nc2-c2ccnc3cc(CN4C(=O)C5C(C4=O)C5(C)C)sc23)CC1(F)F.Cl. The minimum absolute atomic E-state index is 0. The third kappa shape index (κ3) is 4.87. The van der Waals surface area contributed by atoms with Gasteiger partial charge in [0.2, 0.25) is 11.8 Å². The largest absolute Gasteiger partial charge is 0.433 e. The summed E-state index contributed by atoms with van der Waals surface area (Å²) < 4.78 is 71.0. The zero-order chi connectivity index (χ0) is 30.5. The van der Waals surface area contributed by atoms with Crippen LogP contribution in [0.3, 0.4) is 0 Å². The zero-order valence-electron chi connectivity index (χ0n) is 23.4. The van der Waals surface area contributed by atoms with E-state index in [4.69, 9.17) is 0 Å². The molecule has 43 heavy (non-hydrogen) atoms. The first-order valence-corrected chi connectivity index (χ1v) is 14.0. The number of hydrogen-bond acceptors (Lipinski definition) is 7. The summed E-state index contributed by atoms with van der Waals surface area (Å²) in [4.78, 5) is 50.2. The maximum Gasteiger partial charge on any atom is 0.433 e. The minimum Gasteiger partial charge on any atom is -0.331 e. The van der Waals surface area contributed by atoms with E-state index < -0.39 is 36.3 Å². The van der Waals surface area contributed by atoms with Gasteiger partial charge < -0.3 is 10.2 Å². The molecule has 1 N–H and O–H groups in total. The van der Waals surface area contributed by atoms with E-state index in [0.717, 1.165) is 22.3 Å². The maximum atomic E-state index is 14.5. The fourth-order valence-corrected chi connectivity index (χ4v) is 7.37. The number of nitrogens with zero attached hydrogens (tertiary/aromatic N) is 4. The fraction of sp³-hybridized carbons (Fsp3) is 0.464. The fourth-order valence-electron chi connectivity index (χ4n) is 6.25.